The number of hydrogen-bond acceptors (Lipinski definition) is 3. The van der Waals surface area contributed by atoms with Crippen LogP contribution < -0.4 is 5.32 Å². The van der Waals surface area contributed by atoms with E-state index in [-0.39, 0.29) is 5.92 Å². The van der Waals surface area contributed by atoms with Gasteiger partial charge in [0.05, 0.1) is 6.20 Å². The van der Waals surface area contributed by atoms with E-state index in [2.05, 4.69) is 10.4 Å². The molecule has 1 atom stereocenters. The number of carbonyl (C=O) groups is 1. The number of aliphatic carboxylic acids is 1. The fraction of sp³-hybridized carbons (Fsp3) is 0.600. The van der Waals surface area contributed by atoms with E-state index in [1.807, 2.05) is 27.1 Å². The predicted molar refractivity (Wildman–Crippen MR) is 56.3 cm³/mol. The van der Waals surface area contributed by atoms with E-state index in [9.17, 15) is 4.79 Å². The molecule has 0 aromatic carbocycles. The first-order chi connectivity index (χ1) is 7.00. The molecule has 0 bridgehead atoms. The fourth-order valence-electron chi connectivity index (χ4n) is 1.40. The summed E-state index contributed by atoms with van der Waals surface area (Å²) >= 11 is 0. The molecule has 0 aliphatic rings. The highest BCUT2D eigenvalue weighted by Crippen LogP contribution is 2.04. The molecular formula is C10H17N3O2. The van der Waals surface area contributed by atoms with Crippen LogP contribution in [0.1, 0.15) is 19.4 Å². The van der Waals surface area contributed by atoms with Gasteiger partial charge < -0.3 is 5.11 Å². The van der Waals surface area contributed by atoms with Crippen LogP contribution in [-0.2, 0) is 18.4 Å². The highest BCUT2D eigenvalue weighted by Gasteiger charge is 2.20. The summed E-state index contributed by atoms with van der Waals surface area (Å²) in [6.45, 7) is 4.30. The molecule has 0 amide bonds. The van der Waals surface area contributed by atoms with Crippen molar-refractivity contribution in [2.24, 2.45) is 13.0 Å². The third-order valence-corrected chi connectivity index (χ3v) is 2.22. The summed E-state index contributed by atoms with van der Waals surface area (Å²) < 4.78 is 1.70. The lowest BCUT2D eigenvalue weighted by Crippen LogP contribution is -2.40. The molecule has 1 aromatic rings. The van der Waals surface area contributed by atoms with Crippen molar-refractivity contribution in [2.45, 2.75) is 26.4 Å². The van der Waals surface area contributed by atoms with Gasteiger partial charge in [0.15, 0.2) is 0 Å². The van der Waals surface area contributed by atoms with Crippen molar-refractivity contribution in [1.82, 2.24) is 15.1 Å². The number of nitrogens with one attached hydrogen (secondary N) is 1. The summed E-state index contributed by atoms with van der Waals surface area (Å²) in [7, 11) is 1.83. The van der Waals surface area contributed by atoms with Crippen molar-refractivity contribution in [3.8, 4) is 0 Å². The third-order valence-electron chi connectivity index (χ3n) is 2.22. The lowest BCUT2D eigenvalue weighted by Gasteiger charge is -2.17. The highest BCUT2D eigenvalue weighted by molar-refractivity contribution is 5.73. The first kappa shape index (κ1) is 11.7. The Bertz CT molecular complexity index is 333. The number of aryl methyl sites for hydroxylation is 1. The summed E-state index contributed by atoms with van der Waals surface area (Å²) in [5, 5.41) is 16.0. The maximum atomic E-state index is 10.9. The van der Waals surface area contributed by atoms with Crippen molar-refractivity contribution >= 4 is 5.97 Å². The summed E-state index contributed by atoms with van der Waals surface area (Å²) in [6, 6.07) is -0.509. The second-order valence-electron chi connectivity index (χ2n) is 3.96. The molecule has 1 aromatic heterocycles. The number of carboxylic acid groups (broad SMARTS) is 1. The van der Waals surface area contributed by atoms with E-state index in [4.69, 9.17) is 5.11 Å². The van der Waals surface area contributed by atoms with Crippen molar-refractivity contribution in [3.63, 3.8) is 0 Å². The Labute approximate surface area is 89.1 Å². The van der Waals surface area contributed by atoms with Crippen molar-refractivity contribution < 1.29 is 9.90 Å². The molecular weight excluding hydrogens is 194 g/mol. The van der Waals surface area contributed by atoms with Gasteiger partial charge >= 0.3 is 5.97 Å². The minimum absolute atomic E-state index is 0.0687. The van der Waals surface area contributed by atoms with Gasteiger partial charge in [-0.3, -0.25) is 14.8 Å². The van der Waals surface area contributed by atoms with Crippen LogP contribution in [0.3, 0.4) is 0 Å². The Hall–Kier alpha value is -1.36. The summed E-state index contributed by atoms with van der Waals surface area (Å²) in [4.78, 5) is 10.9. The van der Waals surface area contributed by atoms with Gasteiger partial charge in [0.25, 0.3) is 0 Å². The lowest BCUT2D eigenvalue weighted by atomic mass is 10.0. The van der Waals surface area contributed by atoms with Gasteiger partial charge in [-0.1, -0.05) is 13.8 Å². The molecule has 84 valence electrons. The van der Waals surface area contributed by atoms with Gasteiger partial charge in [-0.25, -0.2) is 0 Å². The molecule has 1 unspecified atom stereocenters. The molecule has 5 nitrogen and oxygen atoms in total. The minimum Gasteiger partial charge on any atom is -0.480 e. The maximum Gasteiger partial charge on any atom is 0.320 e. The Morgan fingerprint density at radius 2 is 2.33 bits per heavy atom. The highest BCUT2D eigenvalue weighted by atomic mass is 16.4. The summed E-state index contributed by atoms with van der Waals surface area (Å²) in [5.74, 6) is -0.743. The molecule has 15 heavy (non-hydrogen) atoms. The number of aromatic nitrogens is 2. The van der Waals surface area contributed by atoms with Crippen LogP contribution in [0.15, 0.2) is 12.4 Å². The first-order valence-corrected chi connectivity index (χ1v) is 4.94. The van der Waals surface area contributed by atoms with Crippen LogP contribution in [0.25, 0.3) is 0 Å². The minimum atomic E-state index is -0.811. The molecule has 0 saturated carbocycles. The lowest BCUT2D eigenvalue weighted by molar-refractivity contribution is -0.140. The van der Waals surface area contributed by atoms with E-state index < -0.39 is 12.0 Å². The molecule has 0 aliphatic carbocycles. The molecule has 2 N–H and O–H groups in total. The van der Waals surface area contributed by atoms with E-state index in [0.717, 1.165) is 5.56 Å². The predicted octanol–water partition coefficient (Wildman–Crippen LogP) is 0.619. The van der Waals surface area contributed by atoms with Crippen molar-refractivity contribution in [2.75, 3.05) is 0 Å². The molecule has 0 spiro atoms. The van der Waals surface area contributed by atoms with Gasteiger partial charge in [0.1, 0.15) is 6.04 Å². The Morgan fingerprint density at radius 1 is 1.67 bits per heavy atom. The van der Waals surface area contributed by atoms with Crippen LogP contribution >= 0.6 is 0 Å². The van der Waals surface area contributed by atoms with Gasteiger partial charge in [-0.2, -0.15) is 5.10 Å². The molecule has 1 rings (SSSR count). The second kappa shape index (κ2) is 4.93. The molecule has 5 heteroatoms. The number of rotatable bonds is 5. The molecule has 1 heterocycles. The normalized spacial score (nSPS) is 13.1. The van der Waals surface area contributed by atoms with E-state index in [0.29, 0.717) is 6.54 Å². The van der Waals surface area contributed by atoms with Crippen LogP contribution in [0, 0.1) is 5.92 Å². The van der Waals surface area contributed by atoms with Gasteiger partial charge in [-0.15, -0.1) is 0 Å². The zero-order valence-corrected chi connectivity index (χ0v) is 9.27. The fourth-order valence-corrected chi connectivity index (χ4v) is 1.40. The third kappa shape index (κ3) is 3.36. The van der Waals surface area contributed by atoms with Crippen LogP contribution in [0.5, 0.6) is 0 Å². The second-order valence-corrected chi connectivity index (χ2v) is 3.96. The van der Waals surface area contributed by atoms with E-state index in [1.165, 1.54) is 0 Å². The smallest absolute Gasteiger partial charge is 0.320 e. The average Bonchev–Trinajstić information content (AvgIpc) is 2.50. The zero-order valence-electron chi connectivity index (χ0n) is 9.27. The largest absolute Gasteiger partial charge is 0.480 e. The average molecular weight is 211 g/mol. The zero-order chi connectivity index (χ0) is 11.4. The summed E-state index contributed by atoms with van der Waals surface area (Å²) in [6.07, 6.45) is 3.60. The quantitative estimate of drug-likeness (QED) is 0.749. The van der Waals surface area contributed by atoms with Crippen molar-refractivity contribution in [1.29, 1.82) is 0 Å². The Balaban J connectivity index is 2.50. The Morgan fingerprint density at radius 3 is 2.73 bits per heavy atom. The van der Waals surface area contributed by atoms with Crippen molar-refractivity contribution in [3.05, 3.63) is 18.0 Å². The number of nitrogens with zero attached hydrogens (tertiary/aromatic N) is 2. The van der Waals surface area contributed by atoms with E-state index >= 15 is 0 Å². The number of carboxylic acids is 1. The topological polar surface area (TPSA) is 67.2 Å². The van der Waals surface area contributed by atoms with Gasteiger partial charge in [0.2, 0.25) is 0 Å². The Kier molecular flexibility index (Phi) is 3.85. The molecule has 0 radical (unpaired) electrons. The monoisotopic (exact) mass is 211 g/mol. The molecule has 0 aliphatic heterocycles. The molecule has 0 fully saturated rings. The van der Waals surface area contributed by atoms with Gasteiger partial charge in [-0.05, 0) is 5.92 Å². The number of hydrogen-bond donors (Lipinski definition) is 2. The van der Waals surface area contributed by atoms with Crippen LogP contribution in [0.2, 0.25) is 0 Å². The first-order valence-electron chi connectivity index (χ1n) is 4.94. The standard InChI is InChI=1S/C10H17N3O2/c1-7(2)9(10(14)15)11-4-8-5-12-13(3)6-8/h5-7,9,11H,4H2,1-3H3,(H,14,15). The maximum absolute atomic E-state index is 10.9. The van der Waals surface area contributed by atoms with Crippen LogP contribution in [0.4, 0.5) is 0 Å². The van der Waals surface area contributed by atoms with E-state index in [1.54, 1.807) is 10.9 Å². The summed E-state index contributed by atoms with van der Waals surface area (Å²) in [5.41, 5.74) is 0.990. The van der Waals surface area contributed by atoms with Gasteiger partial charge in [0, 0.05) is 25.4 Å². The molecule has 0 saturated heterocycles. The van der Waals surface area contributed by atoms with Crippen LogP contribution in [-0.4, -0.2) is 26.9 Å². The SMILES string of the molecule is CC(C)C(NCc1cnn(C)c1)C(=O)O.